The Kier molecular flexibility index (Phi) is 8.16. The molecule has 0 N–H and O–H groups in total. The van der Waals surface area contributed by atoms with Crippen molar-refractivity contribution in [3.8, 4) is 11.5 Å². The second kappa shape index (κ2) is 12.2. The van der Waals surface area contributed by atoms with Crippen molar-refractivity contribution in [1.29, 1.82) is 0 Å². The number of ether oxygens (including phenoxy) is 3. The van der Waals surface area contributed by atoms with Crippen molar-refractivity contribution in [2.45, 2.75) is 26.4 Å². The van der Waals surface area contributed by atoms with E-state index in [1.807, 2.05) is 54.7 Å². The fourth-order valence-corrected chi connectivity index (χ4v) is 6.84. The van der Waals surface area contributed by atoms with Gasteiger partial charge in [-0.3, -0.25) is 9.36 Å². The third-order valence-electron chi connectivity index (χ3n) is 7.65. The standard InChI is InChI=1S/C34H30ClN3O5S/c1-5-43-33(40)30-20(2)36-34-38(31(30)25-17-23(41-3)14-15-28(25)42-4)32(39)29(44-34)16-22-19-37(27-13-9-7-11-24(22)27)18-21-10-6-8-12-26(21)35/h6-17,19,31H,5,18H2,1-4H3/b29-16-/t31-/m1/s1. The highest BCUT2D eigenvalue weighted by atomic mass is 35.5. The van der Waals surface area contributed by atoms with Gasteiger partial charge >= 0.3 is 5.97 Å². The molecule has 1 aliphatic heterocycles. The van der Waals surface area contributed by atoms with Crippen LogP contribution in [0.5, 0.6) is 11.5 Å². The number of esters is 1. The molecule has 0 spiro atoms. The van der Waals surface area contributed by atoms with E-state index in [-0.39, 0.29) is 17.7 Å². The second-order valence-corrected chi connectivity index (χ2v) is 11.6. The van der Waals surface area contributed by atoms with E-state index in [0.29, 0.717) is 43.7 Å². The van der Waals surface area contributed by atoms with Gasteiger partial charge in [0.15, 0.2) is 4.80 Å². The van der Waals surface area contributed by atoms with Crippen LogP contribution in [0, 0.1) is 0 Å². The summed E-state index contributed by atoms with van der Waals surface area (Å²) < 4.78 is 20.8. The minimum Gasteiger partial charge on any atom is -0.497 e. The summed E-state index contributed by atoms with van der Waals surface area (Å²) in [5.74, 6) is 0.525. The molecule has 0 radical (unpaired) electrons. The lowest BCUT2D eigenvalue weighted by molar-refractivity contribution is -0.139. The lowest BCUT2D eigenvalue weighted by Crippen LogP contribution is -2.40. The van der Waals surface area contributed by atoms with Crippen LogP contribution in [0.25, 0.3) is 17.0 Å². The van der Waals surface area contributed by atoms with Gasteiger partial charge in [0.1, 0.15) is 17.5 Å². The topological polar surface area (TPSA) is 84.1 Å². The van der Waals surface area contributed by atoms with E-state index in [4.69, 9.17) is 30.8 Å². The highest BCUT2D eigenvalue weighted by molar-refractivity contribution is 7.07. The number of thiazole rings is 1. The van der Waals surface area contributed by atoms with Crippen LogP contribution in [0.15, 0.2) is 94.0 Å². The monoisotopic (exact) mass is 627 g/mol. The lowest BCUT2D eigenvalue weighted by Gasteiger charge is -2.26. The number of hydrogen-bond acceptors (Lipinski definition) is 7. The molecule has 0 unspecified atom stereocenters. The molecule has 2 aromatic heterocycles. The molecule has 8 nitrogen and oxygen atoms in total. The fraction of sp³-hybridized carbons (Fsp3) is 0.206. The van der Waals surface area contributed by atoms with Gasteiger partial charge in [-0.15, -0.1) is 0 Å². The SMILES string of the molecule is CCOC(=O)C1=C(C)N=c2s/c(=C\c3cn(Cc4ccccc4Cl)c4ccccc34)c(=O)n2[C@@H]1c1cc(OC)ccc1OC. The van der Waals surface area contributed by atoms with Crippen LogP contribution >= 0.6 is 22.9 Å². The van der Waals surface area contributed by atoms with Gasteiger partial charge in [-0.05, 0) is 55.8 Å². The summed E-state index contributed by atoms with van der Waals surface area (Å²) in [6.45, 7) is 4.25. The summed E-state index contributed by atoms with van der Waals surface area (Å²) in [7, 11) is 3.11. The van der Waals surface area contributed by atoms with Crippen molar-refractivity contribution in [1.82, 2.24) is 9.13 Å². The molecule has 6 rings (SSSR count). The van der Waals surface area contributed by atoms with Crippen LogP contribution in [-0.4, -0.2) is 35.9 Å². The molecule has 0 aliphatic carbocycles. The Balaban J connectivity index is 1.55. The summed E-state index contributed by atoms with van der Waals surface area (Å²) in [5, 5.41) is 1.70. The van der Waals surface area contributed by atoms with E-state index in [2.05, 4.69) is 10.6 Å². The van der Waals surface area contributed by atoms with Gasteiger partial charge in [-0.25, -0.2) is 9.79 Å². The van der Waals surface area contributed by atoms with Gasteiger partial charge in [0.25, 0.3) is 5.56 Å². The molecule has 0 fully saturated rings. The number of hydrogen-bond donors (Lipinski definition) is 0. The highest BCUT2D eigenvalue weighted by Crippen LogP contribution is 2.38. The number of nitrogens with zero attached hydrogens (tertiary/aromatic N) is 3. The first-order valence-corrected chi connectivity index (χ1v) is 15.3. The van der Waals surface area contributed by atoms with Crippen molar-refractivity contribution in [3.05, 3.63) is 126 Å². The Morgan fingerprint density at radius 1 is 1.07 bits per heavy atom. The summed E-state index contributed by atoms with van der Waals surface area (Å²) in [5.41, 5.74) is 3.96. The van der Waals surface area contributed by atoms with E-state index >= 15 is 0 Å². The number of carbonyl (C=O) groups is 1. The second-order valence-electron chi connectivity index (χ2n) is 10.2. The van der Waals surface area contributed by atoms with E-state index in [1.165, 1.54) is 11.3 Å². The Morgan fingerprint density at radius 3 is 2.59 bits per heavy atom. The van der Waals surface area contributed by atoms with Gasteiger partial charge < -0.3 is 18.8 Å². The van der Waals surface area contributed by atoms with Crippen LogP contribution < -0.4 is 24.4 Å². The first-order chi connectivity index (χ1) is 21.3. The number of allylic oxidation sites excluding steroid dienone is 1. The van der Waals surface area contributed by atoms with Crippen molar-refractivity contribution in [3.63, 3.8) is 0 Å². The Labute approximate surface area is 262 Å². The number of fused-ring (bicyclic) bond motifs is 2. The largest absolute Gasteiger partial charge is 0.497 e. The molecular formula is C34H30ClN3O5S. The lowest BCUT2D eigenvalue weighted by atomic mass is 9.94. The Bertz CT molecular complexity index is 2120. The summed E-state index contributed by atoms with van der Waals surface area (Å²) in [4.78, 5) is 32.8. The van der Waals surface area contributed by atoms with Crippen LogP contribution in [-0.2, 0) is 16.1 Å². The molecule has 1 atom stereocenters. The minimum atomic E-state index is -0.834. The number of para-hydroxylation sites is 1. The van der Waals surface area contributed by atoms with E-state index in [0.717, 1.165) is 22.0 Å². The average molecular weight is 628 g/mol. The zero-order valence-electron chi connectivity index (χ0n) is 24.7. The van der Waals surface area contributed by atoms with Crippen molar-refractivity contribution in [2.24, 2.45) is 4.99 Å². The van der Waals surface area contributed by atoms with E-state index < -0.39 is 12.0 Å². The maximum atomic E-state index is 14.3. The van der Waals surface area contributed by atoms with Gasteiger partial charge in [0.2, 0.25) is 0 Å². The van der Waals surface area contributed by atoms with Gasteiger partial charge in [0.05, 0.1) is 36.6 Å². The summed E-state index contributed by atoms with van der Waals surface area (Å²) in [6.07, 6.45) is 3.92. The van der Waals surface area contributed by atoms with Gasteiger partial charge in [-0.2, -0.15) is 0 Å². The van der Waals surface area contributed by atoms with Crippen molar-refractivity contribution < 1.29 is 19.0 Å². The zero-order chi connectivity index (χ0) is 31.0. The molecule has 44 heavy (non-hydrogen) atoms. The zero-order valence-corrected chi connectivity index (χ0v) is 26.2. The minimum absolute atomic E-state index is 0.181. The van der Waals surface area contributed by atoms with Crippen LogP contribution in [0.3, 0.4) is 0 Å². The van der Waals surface area contributed by atoms with Crippen LogP contribution in [0.1, 0.15) is 36.6 Å². The van der Waals surface area contributed by atoms with E-state index in [9.17, 15) is 9.59 Å². The number of benzene rings is 3. The number of carbonyl (C=O) groups excluding carboxylic acids is 1. The molecule has 0 bridgehead atoms. The average Bonchev–Trinajstić information content (AvgIpc) is 3.53. The smallest absolute Gasteiger partial charge is 0.338 e. The molecule has 0 amide bonds. The first kappa shape index (κ1) is 29.5. The molecule has 1 aliphatic rings. The third kappa shape index (κ3) is 5.22. The summed E-state index contributed by atoms with van der Waals surface area (Å²) >= 11 is 7.76. The number of methoxy groups -OCH3 is 2. The molecule has 0 saturated heterocycles. The number of halogens is 1. The molecular weight excluding hydrogens is 598 g/mol. The predicted molar refractivity (Wildman–Crippen MR) is 172 cm³/mol. The van der Waals surface area contributed by atoms with Crippen molar-refractivity contribution >= 4 is 45.9 Å². The van der Waals surface area contributed by atoms with Gasteiger partial charge in [0, 0.05) is 39.8 Å². The van der Waals surface area contributed by atoms with E-state index in [1.54, 1.807) is 50.8 Å². The number of aromatic nitrogens is 2. The molecule has 0 saturated carbocycles. The maximum absolute atomic E-state index is 14.3. The van der Waals surface area contributed by atoms with Crippen molar-refractivity contribution in [2.75, 3.05) is 20.8 Å². The summed E-state index contributed by atoms with van der Waals surface area (Å²) in [6, 6.07) is 20.3. The molecule has 10 heteroatoms. The fourth-order valence-electron chi connectivity index (χ4n) is 5.61. The molecule has 3 heterocycles. The highest BCUT2D eigenvalue weighted by Gasteiger charge is 2.35. The van der Waals surface area contributed by atoms with Gasteiger partial charge in [-0.1, -0.05) is 59.3 Å². The Hall–Kier alpha value is -4.60. The molecule has 224 valence electrons. The maximum Gasteiger partial charge on any atom is 0.338 e. The number of rotatable bonds is 8. The predicted octanol–water partition coefficient (Wildman–Crippen LogP) is 5.47. The third-order valence-corrected chi connectivity index (χ3v) is 9.00. The molecule has 3 aromatic carbocycles. The molecule has 5 aromatic rings. The van der Waals surface area contributed by atoms with Crippen LogP contribution in [0.2, 0.25) is 5.02 Å². The first-order valence-electron chi connectivity index (χ1n) is 14.1. The normalized spacial score (nSPS) is 14.8. The quantitative estimate of drug-likeness (QED) is 0.213. The van der Waals surface area contributed by atoms with Crippen LogP contribution in [0.4, 0.5) is 0 Å². The Morgan fingerprint density at radius 2 is 1.84 bits per heavy atom.